The maximum absolute atomic E-state index is 13.8. The van der Waals surface area contributed by atoms with Gasteiger partial charge in [0, 0.05) is 6.20 Å². The van der Waals surface area contributed by atoms with Crippen LogP contribution in [0.25, 0.3) is 5.31 Å². The number of carbonyl (C=O) groups excluding carboxylic acids is 1. The number of benzene rings is 2. The van der Waals surface area contributed by atoms with Crippen molar-refractivity contribution < 1.29 is 18.6 Å². The highest BCUT2D eigenvalue weighted by molar-refractivity contribution is 7.87. The van der Waals surface area contributed by atoms with Gasteiger partial charge in [-0.1, -0.05) is 48.5 Å². The number of para-hydroxylation sites is 1. The maximum atomic E-state index is 13.8. The van der Waals surface area contributed by atoms with Gasteiger partial charge in [-0.05, 0) is 31.5 Å². The number of rotatable bonds is 6. The maximum Gasteiger partial charge on any atom is 0.365 e. The van der Waals surface area contributed by atoms with E-state index < -0.39 is 13.3 Å². The molecule has 2 aromatic rings. The van der Waals surface area contributed by atoms with E-state index in [2.05, 4.69) is 5.10 Å². The summed E-state index contributed by atoms with van der Waals surface area (Å²) in [7, 11) is -3.70. The minimum atomic E-state index is -3.70. The molecule has 6 nitrogen and oxygen atoms in total. The van der Waals surface area contributed by atoms with Gasteiger partial charge < -0.3 is 9.26 Å². The molecule has 0 aliphatic carbocycles. The van der Waals surface area contributed by atoms with Crippen LogP contribution in [0.15, 0.2) is 72.0 Å². The Balaban J connectivity index is 2.19. The fourth-order valence-electron chi connectivity index (χ4n) is 2.73. The van der Waals surface area contributed by atoms with Crippen molar-refractivity contribution in [3.63, 3.8) is 0 Å². The van der Waals surface area contributed by atoms with Crippen LogP contribution in [0.5, 0.6) is 0 Å². The fraction of sp³-hybridized carbons (Fsp3) is 0.200. The molecule has 2 aromatic carbocycles. The second-order valence-electron chi connectivity index (χ2n) is 5.67. The first kappa shape index (κ1) is 19.1. The van der Waals surface area contributed by atoms with E-state index in [1.807, 2.05) is 60.7 Å². The van der Waals surface area contributed by atoms with E-state index >= 15 is 0 Å². The Labute approximate surface area is 158 Å². The summed E-state index contributed by atoms with van der Waals surface area (Å²) in [4.78, 5) is 12.6. The third-order valence-electron chi connectivity index (χ3n) is 3.90. The highest BCUT2D eigenvalue weighted by Crippen LogP contribution is 2.62. The molecule has 7 heteroatoms. The molecule has 1 aliphatic rings. The quantitative estimate of drug-likeness (QED) is 0.534. The van der Waals surface area contributed by atoms with Gasteiger partial charge in [0.15, 0.2) is 0 Å². The molecule has 140 valence electrons. The van der Waals surface area contributed by atoms with Crippen LogP contribution in [0.2, 0.25) is 0 Å². The Morgan fingerprint density at radius 3 is 2.22 bits per heavy atom. The van der Waals surface area contributed by atoms with Gasteiger partial charge in [0.05, 0.1) is 24.2 Å². The standard InChI is InChI=1S/C20H21N2O4P/c1-3-25-20(23)19-21-22(17-13-9-6-10-14-17)15-18(27(19,24)26-4-2)16-11-7-5-8-12-16/h5-15H,3-4H2,1-2H3. The minimum absolute atomic E-state index is 0.152. The van der Waals surface area contributed by atoms with Crippen molar-refractivity contribution >= 4 is 29.8 Å². The average molecular weight is 384 g/mol. The first-order valence-electron chi connectivity index (χ1n) is 8.73. The second kappa shape index (κ2) is 8.33. The SMILES string of the molecule is CCOC(=O)C1=NN(c2ccccc2)C=C(c2ccccc2)P1(=O)OCC. The molecule has 0 N–H and O–H groups in total. The Kier molecular flexibility index (Phi) is 5.89. The van der Waals surface area contributed by atoms with Crippen LogP contribution in [0.1, 0.15) is 19.4 Å². The summed E-state index contributed by atoms with van der Waals surface area (Å²) >= 11 is 0. The van der Waals surface area contributed by atoms with Crippen LogP contribution >= 0.6 is 7.37 Å². The highest BCUT2D eigenvalue weighted by Gasteiger charge is 2.44. The molecule has 0 aromatic heterocycles. The van der Waals surface area contributed by atoms with Crippen LogP contribution in [0, 0.1) is 0 Å². The lowest BCUT2D eigenvalue weighted by Gasteiger charge is -2.29. The van der Waals surface area contributed by atoms with Crippen molar-refractivity contribution in [2.75, 3.05) is 18.2 Å². The first-order valence-corrected chi connectivity index (χ1v) is 10.4. The zero-order chi connectivity index (χ0) is 19.3. The van der Waals surface area contributed by atoms with Crippen molar-refractivity contribution in [3.05, 3.63) is 72.4 Å². The Morgan fingerprint density at radius 1 is 1.00 bits per heavy atom. The van der Waals surface area contributed by atoms with Gasteiger partial charge in [0.1, 0.15) is 0 Å². The molecular weight excluding hydrogens is 363 g/mol. The molecule has 0 bridgehead atoms. The molecule has 0 saturated carbocycles. The van der Waals surface area contributed by atoms with E-state index in [-0.39, 0.29) is 18.7 Å². The lowest BCUT2D eigenvalue weighted by Crippen LogP contribution is -2.27. The van der Waals surface area contributed by atoms with Crippen LogP contribution in [0.3, 0.4) is 0 Å². The number of hydrazone groups is 1. The lowest BCUT2D eigenvalue weighted by molar-refractivity contribution is -0.134. The molecule has 27 heavy (non-hydrogen) atoms. The number of nitrogens with zero attached hydrogens (tertiary/aromatic N) is 2. The minimum Gasteiger partial charge on any atom is -0.461 e. The Hall–Kier alpha value is -2.69. The summed E-state index contributed by atoms with van der Waals surface area (Å²) in [5, 5.41) is 6.27. The molecule has 1 atom stereocenters. The van der Waals surface area contributed by atoms with E-state index in [0.29, 0.717) is 10.9 Å². The van der Waals surface area contributed by atoms with Gasteiger partial charge in [-0.25, -0.2) is 9.80 Å². The van der Waals surface area contributed by atoms with Crippen molar-refractivity contribution in [3.8, 4) is 0 Å². The lowest BCUT2D eigenvalue weighted by atomic mass is 10.2. The molecule has 0 saturated heterocycles. The van der Waals surface area contributed by atoms with Gasteiger partial charge >= 0.3 is 5.97 Å². The van der Waals surface area contributed by atoms with Crippen molar-refractivity contribution in [1.82, 2.24) is 0 Å². The number of ether oxygens (including phenoxy) is 1. The molecule has 0 fully saturated rings. The molecule has 1 aliphatic heterocycles. The molecule has 0 spiro atoms. The summed E-state index contributed by atoms with van der Waals surface area (Å²) in [5.74, 6) is -0.739. The third kappa shape index (κ3) is 3.87. The molecule has 3 rings (SSSR count). The van der Waals surface area contributed by atoms with Crippen molar-refractivity contribution in [1.29, 1.82) is 0 Å². The van der Waals surface area contributed by atoms with Crippen LogP contribution in [0.4, 0.5) is 5.69 Å². The molecular formula is C20H21N2O4P. The summed E-state index contributed by atoms with van der Waals surface area (Å²) < 4.78 is 24.6. The van der Waals surface area contributed by atoms with Crippen LogP contribution in [-0.4, -0.2) is 24.6 Å². The fourth-order valence-corrected chi connectivity index (χ4v) is 4.85. The number of hydrogen-bond donors (Lipinski definition) is 0. The Morgan fingerprint density at radius 2 is 1.63 bits per heavy atom. The zero-order valence-corrected chi connectivity index (χ0v) is 16.1. The Bertz CT molecular complexity index is 910. The average Bonchev–Trinajstić information content (AvgIpc) is 2.69. The number of anilines is 1. The zero-order valence-electron chi connectivity index (χ0n) is 15.2. The van der Waals surface area contributed by atoms with Gasteiger partial charge in [0.25, 0.3) is 7.37 Å². The van der Waals surface area contributed by atoms with E-state index in [4.69, 9.17) is 9.26 Å². The first-order chi connectivity index (χ1) is 13.1. The monoisotopic (exact) mass is 384 g/mol. The van der Waals surface area contributed by atoms with Crippen molar-refractivity contribution in [2.24, 2.45) is 5.10 Å². The summed E-state index contributed by atoms with van der Waals surface area (Å²) in [6.45, 7) is 3.75. The van der Waals surface area contributed by atoms with Crippen molar-refractivity contribution in [2.45, 2.75) is 13.8 Å². The summed E-state index contributed by atoms with van der Waals surface area (Å²) in [6, 6.07) is 18.5. The van der Waals surface area contributed by atoms with Gasteiger partial charge in [0.2, 0.25) is 5.45 Å². The molecule has 1 heterocycles. The second-order valence-corrected chi connectivity index (χ2v) is 7.94. The molecule has 1 unspecified atom stereocenters. The number of esters is 1. The summed E-state index contributed by atoms with van der Waals surface area (Å²) in [6.07, 6.45) is 1.66. The molecule has 0 amide bonds. The van der Waals surface area contributed by atoms with E-state index in [0.717, 1.165) is 5.69 Å². The van der Waals surface area contributed by atoms with Gasteiger partial charge in [-0.15, -0.1) is 0 Å². The third-order valence-corrected chi connectivity index (χ3v) is 6.36. The predicted molar refractivity (Wildman–Crippen MR) is 107 cm³/mol. The number of hydrogen-bond acceptors (Lipinski definition) is 6. The number of carbonyl (C=O) groups is 1. The normalized spacial score (nSPS) is 19.3. The van der Waals surface area contributed by atoms with Gasteiger partial charge in [-0.3, -0.25) is 4.57 Å². The topological polar surface area (TPSA) is 68.2 Å². The summed E-state index contributed by atoms with van der Waals surface area (Å²) in [5.41, 5.74) is 1.22. The predicted octanol–water partition coefficient (Wildman–Crippen LogP) is 4.70. The van der Waals surface area contributed by atoms with E-state index in [1.54, 1.807) is 20.0 Å². The van der Waals surface area contributed by atoms with Gasteiger partial charge in [-0.2, -0.15) is 5.10 Å². The smallest absolute Gasteiger partial charge is 0.365 e. The van der Waals surface area contributed by atoms with Crippen LogP contribution < -0.4 is 5.01 Å². The van der Waals surface area contributed by atoms with E-state index in [9.17, 15) is 9.36 Å². The largest absolute Gasteiger partial charge is 0.461 e. The highest BCUT2D eigenvalue weighted by atomic mass is 31.2. The van der Waals surface area contributed by atoms with E-state index in [1.165, 1.54) is 5.01 Å². The van der Waals surface area contributed by atoms with Crippen LogP contribution in [-0.2, 0) is 18.6 Å². The molecule has 0 radical (unpaired) electrons.